The molecule has 2 nitrogen and oxygen atoms in total. The van der Waals surface area contributed by atoms with Crippen molar-refractivity contribution in [2.75, 3.05) is 7.11 Å². The minimum atomic E-state index is -0.387. The Labute approximate surface area is 124 Å². The minimum absolute atomic E-state index is 0.0351. The van der Waals surface area contributed by atoms with Crippen LogP contribution in [-0.4, -0.2) is 19.0 Å². The Morgan fingerprint density at radius 2 is 2.10 bits per heavy atom. The van der Waals surface area contributed by atoms with Crippen LogP contribution in [0.4, 0.5) is 4.39 Å². The lowest BCUT2D eigenvalue weighted by Crippen LogP contribution is -2.34. The zero-order valence-electron chi connectivity index (χ0n) is 11.7. The van der Waals surface area contributed by atoms with E-state index in [4.69, 9.17) is 16.3 Å². The summed E-state index contributed by atoms with van der Waals surface area (Å²) in [7, 11) is 1.59. The van der Waals surface area contributed by atoms with E-state index in [9.17, 15) is 9.18 Å². The van der Waals surface area contributed by atoms with E-state index >= 15 is 0 Å². The molecule has 1 aromatic carbocycles. The van der Waals surface area contributed by atoms with E-state index in [1.807, 2.05) is 0 Å². The molecule has 0 N–H and O–H groups in total. The summed E-state index contributed by atoms with van der Waals surface area (Å²) in [6, 6.07) is 4.15. The van der Waals surface area contributed by atoms with Crippen LogP contribution in [-0.2, 0) is 16.0 Å². The van der Waals surface area contributed by atoms with Gasteiger partial charge in [-0.15, -0.1) is 0 Å². The van der Waals surface area contributed by atoms with Gasteiger partial charge in [-0.05, 0) is 36.5 Å². The van der Waals surface area contributed by atoms with E-state index < -0.39 is 0 Å². The molecule has 0 radical (unpaired) electrons. The maximum atomic E-state index is 13.0. The molecule has 2 rings (SSSR count). The molecule has 0 spiro atoms. The Bertz CT molecular complexity index is 470. The van der Waals surface area contributed by atoms with Crippen molar-refractivity contribution in [3.63, 3.8) is 0 Å². The second kappa shape index (κ2) is 7.19. The van der Waals surface area contributed by atoms with Gasteiger partial charge in [-0.25, -0.2) is 4.39 Å². The second-order valence-electron chi connectivity index (χ2n) is 5.43. The highest BCUT2D eigenvalue weighted by molar-refractivity contribution is 6.31. The highest BCUT2D eigenvalue weighted by Gasteiger charge is 2.29. The lowest BCUT2D eigenvalue weighted by molar-refractivity contribution is -0.132. The maximum absolute atomic E-state index is 13.0. The molecule has 20 heavy (non-hydrogen) atoms. The highest BCUT2D eigenvalue weighted by Crippen LogP contribution is 2.29. The molecule has 0 aromatic heterocycles. The van der Waals surface area contributed by atoms with Gasteiger partial charge in [-0.2, -0.15) is 0 Å². The molecule has 1 unspecified atom stereocenters. The van der Waals surface area contributed by atoms with Gasteiger partial charge in [-0.3, -0.25) is 4.79 Å². The van der Waals surface area contributed by atoms with E-state index in [0.29, 0.717) is 16.5 Å². The molecule has 1 atom stereocenters. The van der Waals surface area contributed by atoms with Crippen LogP contribution in [0.2, 0.25) is 5.02 Å². The average molecular weight is 299 g/mol. The fourth-order valence-electron chi connectivity index (χ4n) is 2.98. The Morgan fingerprint density at radius 3 is 2.70 bits per heavy atom. The predicted octanol–water partition coefficient (Wildman–Crippen LogP) is 4.19. The molecule has 1 saturated carbocycles. The Kier molecular flexibility index (Phi) is 5.55. The number of rotatable bonds is 5. The zero-order chi connectivity index (χ0) is 14.5. The number of ether oxygens (including phenoxy) is 1. The van der Waals surface area contributed by atoms with Gasteiger partial charge in [0.2, 0.25) is 0 Å². The number of methoxy groups -OCH3 is 1. The molecule has 1 aliphatic rings. The number of benzene rings is 1. The normalized spacial score (nSPS) is 17.9. The summed E-state index contributed by atoms with van der Waals surface area (Å²) in [5.41, 5.74) is 0.663. The topological polar surface area (TPSA) is 26.3 Å². The molecular formula is C16H20ClFO2. The van der Waals surface area contributed by atoms with Crippen molar-refractivity contribution in [3.8, 4) is 0 Å². The first-order valence-electron chi connectivity index (χ1n) is 7.11. The third kappa shape index (κ3) is 3.80. The van der Waals surface area contributed by atoms with Crippen molar-refractivity contribution in [2.24, 2.45) is 5.92 Å². The van der Waals surface area contributed by atoms with Gasteiger partial charge in [0.25, 0.3) is 0 Å². The van der Waals surface area contributed by atoms with Crippen molar-refractivity contribution >= 4 is 17.4 Å². The summed E-state index contributed by atoms with van der Waals surface area (Å²) in [5.74, 6) is -0.0462. The summed E-state index contributed by atoms with van der Waals surface area (Å²) < 4.78 is 18.4. The van der Waals surface area contributed by atoms with Crippen molar-refractivity contribution in [1.29, 1.82) is 0 Å². The summed E-state index contributed by atoms with van der Waals surface area (Å²) in [6.45, 7) is 0. The molecule has 0 heterocycles. The van der Waals surface area contributed by atoms with Crippen molar-refractivity contribution in [2.45, 2.75) is 44.6 Å². The van der Waals surface area contributed by atoms with Crippen LogP contribution in [0.3, 0.4) is 0 Å². The molecule has 0 bridgehead atoms. The van der Waals surface area contributed by atoms with Gasteiger partial charge >= 0.3 is 0 Å². The first kappa shape index (κ1) is 15.5. The SMILES string of the molecule is COC(C(=O)Cc1ccc(F)cc1Cl)C1CCCCC1. The molecule has 1 fully saturated rings. The molecule has 1 aromatic rings. The maximum Gasteiger partial charge on any atom is 0.166 e. The van der Waals surface area contributed by atoms with Gasteiger partial charge in [0.15, 0.2) is 5.78 Å². The number of Topliss-reactive ketones (excluding diaryl/α,β-unsaturated/α-hetero) is 1. The Morgan fingerprint density at radius 1 is 1.40 bits per heavy atom. The Hall–Kier alpha value is -0.930. The van der Waals surface area contributed by atoms with Crippen LogP contribution < -0.4 is 0 Å². The molecular weight excluding hydrogens is 279 g/mol. The van der Waals surface area contributed by atoms with E-state index in [0.717, 1.165) is 25.7 Å². The van der Waals surface area contributed by atoms with Crippen LogP contribution in [0, 0.1) is 11.7 Å². The average Bonchev–Trinajstić information content (AvgIpc) is 2.44. The quantitative estimate of drug-likeness (QED) is 0.815. The number of ketones is 1. The number of halogens is 2. The number of carbonyl (C=O) groups is 1. The van der Waals surface area contributed by atoms with Gasteiger partial charge in [-0.1, -0.05) is 36.9 Å². The fraction of sp³-hybridized carbons (Fsp3) is 0.562. The fourth-order valence-corrected chi connectivity index (χ4v) is 3.21. The van der Waals surface area contributed by atoms with Crippen LogP contribution in [0.1, 0.15) is 37.7 Å². The molecule has 110 valence electrons. The van der Waals surface area contributed by atoms with E-state index in [2.05, 4.69) is 0 Å². The smallest absolute Gasteiger partial charge is 0.166 e. The zero-order valence-corrected chi connectivity index (χ0v) is 12.5. The van der Waals surface area contributed by atoms with Gasteiger partial charge in [0.1, 0.15) is 11.9 Å². The van der Waals surface area contributed by atoms with Crippen molar-refractivity contribution in [3.05, 3.63) is 34.6 Å². The van der Waals surface area contributed by atoms with Crippen molar-refractivity contribution < 1.29 is 13.9 Å². The first-order valence-corrected chi connectivity index (χ1v) is 7.49. The summed E-state index contributed by atoms with van der Waals surface area (Å²) in [4.78, 5) is 12.4. The number of hydrogen-bond acceptors (Lipinski definition) is 2. The predicted molar refractivity (Wildman–Crippen MR) is 77.5 cm³/mol. The third-order valence-corrected chi connectivity index (χ3v) is 4.38. The van der Waals surface area contributed by atoms with Gasteiger partial charge < -0.3 is 4.74 Å². The summed E-state index contributed by atoms with van der Waals surface area (Å²) in [5, 5.41) is 0.303. The summed E-state index contributed by atoms with van der Waals surface area (Å²) >= 11 is 5.97. The molecule has 0 amide bonds. The highest BCUT2D eigenvalue weighted by atomic mass is 35.5. The van der Waals surface area contributed by atoms with E-state index in [1.54, 1.807) is 13.2 Å². The number of carbonyl (C=O) groups excluding carboxylic acids is 1. The molecule has 1 aliphatic carbocycles. The monoisotopic (exact) mass is 298 g/mol. The third-order valence-electron chi connectivity index (χ3n) is 4.03. The van der Waals surface area contributed by atoms with Crippen LogP contribution in [0.25, 0.3) is 0 Å². The standard InChI is InChI=1S/C16H20ClFO2/c1-20-16(11-5-3-2-4-6-11)15(19)9-12-7-8-13(18)10-14(12)17/h7-8,10-11,16H,2-6,9H2,1H3. The molecule has 0 saturated heterocycles. The number of hydrogen-bond donors (Lipinski definition) is 0. The van der Waals surface area contributed by atoms with Gasteiger partial charge in [0, 0.05) is 18.6 Å². The lowest BCUT2D eigenvalue weighted by Gasteiger charge is -2.28. The van der Waals surface area contributed by atoms with E-state index in [1.165, 1.54) is 18.6 Å². The minimum Gasteiger partial charge on any atom is -0.373 e. The van der Waals surface area contributed by atoms with Gasteiger partial charge in [0.05, 0.1) is 0 Å². The lowest BCUT2D eigenvalue weighted by atomic mass is 9.82. The van der Waals surface area contributed by atoms with E-state index in [-0.39, 0.29) is 24.1 Å². The van der Waals surface area contributed by atoms with Crippen LogP contribution in [0.5, 0.6) is 0 Å². The largest absolute Gasteiger partial charge is 0.373 e. The van der Waals surface area contributed by atoms with Crippen LogP contribution in [0.15, 0.2) is 18.2 Å². The Balaban J connectivity index is 2.04. The molecule has 4 heteroatoms. The first-order chi connectivity index (χ1) is 9.61. The van der Waals surface area contributed by atoms with Crippen LogP contribution >= 0.6 is 11.6 Å². The second-order valence-corrected chi connectivity index (χ2v) is 5.84. The van der Waals surface area contributed by atoms with Crippen molar-refractivity contribution in [1.82, 2.24) is 0 Å². The molecule has 0 aliphatic heterocycles. The summed E-state index contributed by atoms with van der Waals surface area (Å²) in [6.07, 6.45) is 5.49.